The predicted octanol–water partition coefficient (Wildman–Crippen LogP) is 4.71. The Kier molecular flexibility index (Phi) is 2.68. The monoisotopic (exact) mass is 200 g/mol. The largest absolute Gasteiger partial charge is 0.0772 e. The molecule has 0 saturated heterocycles. The van der Waals surface area contributed by atoms with Gasteiger partial charge in [-0.15, -0.1) is 0 Å². The maximum atomic E-state index is 2.38. The van der Waals surface area contributed by atoms with Gasteiger partial charge < -0.3 is 0 Å². The van der Waals surface area contributed by atoms with E-state index in [4.69, 9.17) is 0 Å². The molecule has 0 N–H and O–H groups in total. The lowest BCUT2D eigenvalue weighted by Gasteiger charge is -2.08. The van der Waals surface area contributed by atoms with Gasteiger partial charge in [0.05, 0.1) is 0 Å². The van der Waals surface area contributed by atoms with Crippen LogP contribution in [0.5, 0.6) is 0 Å². The number of hydrogen-bond donors (Lipinski definition) is 0. The number of rotatable bonds is 2. The standard InChI is InChI=1S/C15H20/c1-10-7-13(4)14(8-10)9-15-11(2)5-6-12(15)3/h5,8H,6-7,9H2,1-4H3. The van der Waals surface area contributed by atoms with E-state index in [0.29, 0.717) is 0 Å². The maximum absolute atomic E-state index is 2.38. The molecule has 80 valence electrons. The Hall–Kier alpha value is -1.04. The first-order valence-corrected chi connectivity index (χ1v) is 5.79. The van der Waals surface area contributed by atoms with Crippen molar-refractivity contribution in [2.24, 2.45) is 0 Å². The van der Waals surface area contributed by atoms with E-state index in [-0.39, 0.29) is 0 Å². The summed E-state index contributed by atoms with van der Waals surface area (Å²) in [5, 5.41) is 0. The Bertz CT molecular complexity index is 411. The van der Waals surface area contributed by atoms with Gasteiger partial charge in [0.15, 0.2) is 0 Å². The van der Waals surface area contributed by atoms with E-state index in [0.717, 1.165) is 12.8 Å². The minimum absolute atomic E-state index is 1.15. The normalized spacial score (nSPS) is 21.3. The summed E-state index contributed by atoms with van der Waals surface area (Å²) in [6.45, 7) is 9.01. The van der Waals surface area contributed by atoms with Gasteiger partial charge in [-0.25, -0.2) is 0 Å². The van der Waals surface area contributed by atoms with Crippen molar-refractivity contribution < 1.29 is 0 Å². The van der Waals surface area contributed by atoms with Crippen LogP contribution in [-0.2, 0) is 0 Å². The summed E-state index contributed by atoms with van der Waals surface area (Å²) >= 11 is 0. The predicted molar refractivity (Wildman–Crippen MR) is 66.8 cm³/mol. The van der Waals surface area contributed by atoms with E-state index in [2.05, 4.69) is 39.8 Å². The first kappa shape index (κ1) is 10.5. The minimum atomic E-state index is 1.15. The van der Waals surface area contributed by atoms with Crippen LogP contribution in [0.3, 0.4) is 0 Å². The maximum Gasteiger partial charge on any atom is -0.00242 e. The Balaban J connectivity index is 2.20. The van der Waals surface area contributed by atoms with Crippen molar-refractivity contribution in [2.45, 2.75) is 47.0 Å². The summed E-state index contributed by atoms with van der Waals surface area (Å²) < 4.78 is 0. The summed E-state index contributed by atoms with van der Waals surface area (Å²) in [7, 11) is 0. The molecule has 0 radical (unpaired) electrons. The highest BCUT2D eigenvalue weighted by Crippen LogP contribution is 2.35. The third-order valence-electron chi connectivity index (χ3n) is 3.59. The average Bonchev–Trinajstić information content (AvgIpc) is 2.63. The summed E-state index contributed by atoms with van der Waals surface area (Å²) in [5.74, 6) is 0. The highest BCUT2D eigenvalue weighted by atomic mass is 14.2. The SMILES string of the molecule is CC1=CC(CC2=C(C)CC=C2C)=C(C)C1. The van der Waals surface area contributed by atoms with Gasteiger partial charge in [-0.2, -0.15) is 0 Å². The summed E-state index contributed by atoms with van der Waals surface area (Å²) in [6, 6.07) is 0. The van der Waals surface area contributed by atoms with Gasteiger partial charge in [0.25, 0.3) is 0 Å². The Morgan fingerprint density at radius 3 is 2.27 bits per heavy atom. The van der Waals surface area contributed by atoms with Crippen LogP contribution < -0.4 is 0 Å². The van der Waals surface area contributed by atoms with Crippen LogP contribution in [0.1, 0.15) is 47.0 Å². The summed E-state index contributed by atoms with van der Waals surface area (Å²) in [5.41, 5.74) is 9.26. The molecule has 2 aliphatic carbocycles. The zero-order valence-corrected chi connectivity index (χ0v) is 10.3. The first-order valence-electron chi connectivity index (χ1n) is 5.79. The van der Waals surface area contributed by atoms with Crippen LogP contribution in [0.15, 0.2) is 45.6 Å². The molecule has 0 bridgehead atoms. The summed E-state index contributed by atoms with van der Waals surface area (Å²) in [6.07, 6.45) is 8.23. The lowest BCUT2D eigenvalue weighted by molar-refractivity contribution is 1.08. The van der Waals surface area contributed by atoms with Gasteiger partial charge in [-0.1, -0.05) is 34.4 Å². The number of allylic oxidation sites excluding steroid dienone is 8. The van der Waals surface area contributed by atoms with Crippen molar-refractivity contribution in [3.05, 3.63) is 45.6 Å². The van der Waals surface area contributed by atoms with Crippen molar-refractivity contribution in [2.75, 3.05) is 0 Å². The van der Waals surface area contributed by atoms with Crippen LogP contribution in [0.25, 0.3) is 0 Å². The Morgan fingerprint density at radius 2 is 1.80 bits per heavy atom. The van der Waals surface area contributed by atoms with Gasteiger partial charge in [0.2, 0.25) is 0 Å². The number of hydrogen-bond acceptors (Lipinski definition) is 0. The molecule has 0 aromatic carbocycles. The zero-order chi connectivity index (χ0) is 11.0. The van der Waals surface area contributed by atoms with E-state index in [1.54, 1.807) is 22.3 Å². The van der Waals surface area contributed by atoms with Gasteiger partial charge in [0, 0.05) is 0 Å². The van der Waals surface area contributed by atoms with Gasteiger partial charge in [-0.3, -0.25) is 0 Å². The molecule has 15 heavy (non-hydrogen) atoms. The lowest BCUT2D eigenvalue weighted by Crippen LogP contribution is -1.89. The average molecular weight is 200 g/mol. The topological polar surface area (TPSA) is 0 Å². The highest BCUT2D eigenvalue weighted by molar-refractivity contribution is 5.48. The van der Waals surface area contributed by atoms with Crippen LogP contribution in [-0.4, -0.2) is 0 Å². The van der Waals surface area contributed by atoms with Crippen molar-refractivity contribution >= 4 is 0 Å². The second-order valence-corrected chi connectivity index (χ2v) is 5.00. The molecule has 0 heterocycles. The van der Waals surface area contributed by atoms with E-state index in [1.165, 1.54) is 17.6 Å². The van der Waals surface area contributed by atoms with Gasteiger partial charge >= 0.3 is 0 Å². The molecule has 0 heteroatoms. The molecule has 0 atom stereocenters. The fourth-order valence-electron chi connectivity index (χ4n) is 2.58. The van der Waals surface area contributed by atoms with Gasteiger partial charge in [0.1, 0.15) is 0 Å². The third-order valence-corrected chi connectivity index (χ3v) is 3.59. The minimum Gasteiger partial charge on any atom is -0.0772 e. The van der Waals surface area contributed by atoms with Gasteiger partial charge in [-0.05, 0) is 58.1 Å². The highest BCUT2D eigenvalue weighted by Gasteiger charge is 2.15. The second kappa shape index (κ2) is 3.84. The lowest BCUT2D eigenvalue weighted by atomic mass is 9.97. The Labute approximate surface area is 93.1 Å². The molecule has 0 unspecified atom stereocenters. The van der Waals surface area contributed by atoms with Crippen molar-refractivity contribution in [3.63, 3.8) is 0 Å². The van der Waals surface area contributed by atoms with E-state index < -0.39 is 0 Å². The molecule has 0 aromatic rings. The van der Waals surface area contributed by atoms with E-state index >= 15 is 0 Å². The van der Waals surface area contributed by atoms with Crippen LogP contribution in [0.2, 0.25) is 0 Å². The molecule has 0 fully saturated rings. The van der Waals surface area contributed by atoms with Crippen molar-refractivity contribution in [1.29, 1.82) is 0 Å². The molecule has 0 nitrogen and oxygen atoms in total. The summed E-state index contributed by atoms with van der Waals surface area (Å²) in [4.78, 5) is 0. The van der Waals surface area contributed by atoms with Crippen LogP contribution in [0.4, 0.5) is 0 Å². The first-order chi connectivity index (χ1) is 7.08. The van der Waals surface area contributed by atoms with Crippen LogP contribution in [0, 0.1) is 0 Å². The fourth-order valence-corrected chi connectivity index (χ4v) is 2.58. The quantitative estimate of drug-likeness (QED) is 0.605. The molecule has 2 rings (SSSR count). The molecule has 2 aliphatic rings. The zero-order valence-electron chi connectivity index (χ0n) is 10.3. The van der Waals surface area contributed by atoms with E-state index in [9.17, 15) is 0 Å². The smallest absolute Gasteiger partial charge is 0.00242 e. The fraction of sp³-hybridized carbons (Fsp3) is 0.467. The molecule has 0 spiro atoms. The molecule has 0 aromatic heterocycles. The molecular formula is C15H20. The second-order valence-electron chi connectivity index (χ2n) is 5.00. The molecule has 0 saturated carbocycles. The third kappa shape index (κ3) is 1.99. The molecule has 0 amide bonds. The van der Waals surface area contributed by atoms with Crippen molar-refractivity contribution in [1.82, 2.24) is 0 Å². The van der Waals surface area contributed by atoms with Crippen molar-refractivity contribution in [3.8, 4) is 0 Å². The van der Waals surface area contributed by atoms with E-state index in [1.807, 2.05) is 0 Å². The molecular weight excluding hydrogens is 180 g/mol. The Morgan fingerprint density at radius 1 is 1.07 bits per heavy atom. The van der Waals surface area contributed by atoms with Crippen LogP contribution >= 0.6 is 0 Å². The molecule has 0 aliphatic heterocycles.